The van der Waals surface area contributed by atoms with Crippen molar-refractivity contribution in [1.82, 2.24) is 0 Å². The SMILES string of the molecule is O=C(O)C1=COC(OC2OC(CO)C(O)C(O)C2O)C2C(C(=O)O)CCC12. The highest BCUT2D eigenvalue weighted by molar-refractivity contribution is 5.87. The van der Waals surface area contributed by atoms with Gasteiger partial charge in [0.2, 0.25) is 6.29 Å². The van der Waals surface area contributed by atoms with E-state index < -0.39 is 73.3 Å². The summed E-state index contributed by atoms with van der Waals surface area (Å²) >= 11 is 0. The van der Waals surface area contributed by atoms with Crippen LogP contribution < -0.4 is 0 Å². The number of carbonyl (C=O) groups is 2. The molecule has 27 heavy (non-hydrogen) atoms. The van der Waals surface area contributed by atoms with Gasteiger partial charge in [-0.15, -0.1) is 0 Å². The van der Waals surface area contributed by atoms with E-state index in [4.69, 9.17) is 14.2 Å². The van der Waals surface area contributed by atoms with Crippen molar-refractivity contribution in [1.29, 1.82) is 0 Å². The van der Waals surface area contributed by atoms with Crippen molar-refractivity contribution in [2.24, 2.45) is 17.8 Å². The van der Waals surface area contributed by atoms with Gasteiger partial charge in [-0.3, -0.25) is 4.79 Å². The lowest BCUT2D eigenvalue weighted by atomic mass is 9.83. The second-order valence-electron chi connectivity index (χ2n) is 6.92. The molecule has 0 bridgehead atoms. The molecule has 1 saturated carbocycles. The summed E-state index contributed by atoms with van der Waals surface area (Å²) in [5.41, 5.74) is -0.0580. The second kappa shape index (κ2) is 7.70. The van der Waals surface area contributed by atoms with Crippen molar-refractivity contribution in [2.45, 2.75) is 49.8 Å². The molecular formula is C16H22O11. The Labute approximate surface area is 153 Å². The summed E-state index contributed by atoms with van der Waals surface area (Å²) in [7, 11) is 0. The molecule has 1 aliphatic carbocycles. The lowest BCUT2D eigenvalue weighted by Crippen LogP contribution is -2.60. The average Bonchev–Trinajstić information content (AvgIpc) is 3.07. The first-order valence-electron chi connectivity index (χ1n) is 8.53. The summed E-state index contributed by atoms with van der Waals surface area (Å²) < 4.78 is 16.1. The molecule has 2 aliphatic heterocycles. The number of aliphatic hydroxyl groups is 4. The van der Waals surface area contributed by atoms with E-state index in [1.54, 1.807) is 0 Å². The fourth-order valence-electron chi connectivity index (χ4n) is 4.02. The summed E-state index contributed by atoms with van der Waals surface area (Å²) in [4.78, 5) is 23.0. The van der Waals surface area contributed by atoms with Gasteiger partial charge in [-0.2, -0.15) is 0 Å². The first-order chi connectivity index (χ1) is 12.8. The van der Waals surface area contributed by atoms with Crippen LogP contribution in [0.5, 0.6) is 0 Å². The van der Waals surface area contributed by atoms with Gasteiger partial charge in [-0.1, -0.05) is 0 Å². The highest BCUT2D eigenvalue weighted by Crippen LogP contribution is 2.47. The fraction of sp³-hybridized carbons (Fsp3) is 0.750. The van der Waals surface area contributed by atoms with Gasteiger partial charge in [-0.05, 0) is 12.8 Å². The number of ether oxygens (including phenoxy) is 3. The Bertz CT molecular complexity index is 617. The molecule has 0 aromatic rings. The van der Waals surface area contributed by atoms with Crippen molar-refractivity contribution in [3.05, 3.63) is 11.8 Å². The minimum Gasteiger partial charge on any atom is -0.481 e. The van der Waals surface area contributed by atoms with Crippen LogP contribution in [0.1, 0.15) is 12.8 Å². The minimum atomic E-state index is -1.68. The van der Waals surface area contributed by atoms with Crippen molar-refractivity contribution in [3.8, 4) is 0 Å². The lowest BCUT2D eigenvalue weighted by molar-refractivity contribution is -0.342. The van der Waals surface area contributed by atoms with Crippen molar-refractivity contribution < 1.29 is 54.4 Å². The van der Waals surface area contributed by atoms with Crippen LogP contribution in [-0.4, -0.2) is 86.2 Å². The number of hydrogen-bond acceptors (Lipinski definition) is 9. The Hall–Kier alpha value is -1.76. The molecule has 0 spiro atoms. The quantitative estimate of drug-likeness (QED) is 0.301. The first-order valence-corrected chi connectivity index (χ1v) is 8.53. The van der Waals surface area contributed by atoms with Crippen LogP contribution in [0.2, 0.25) is 0 Å². The standard InChI is InChI=1S/C16H22O11/c17-3-8-10(18)11(19)12(20)16(26-8)27-15-9-5(1-2-6(9)13(21)22)7(4-25-15)14(23)24/h4-6,8-12,15-20H,1-3H2,(H,21,22)(H,23,24). The van der Waals surface area contributed by atoms with E-state index >= 15 is 0 Å². The number of hydrogen-bond donors (Lipinski definition) is 6. The van der Waals surface area contributed by atoms with Gasteiger partial charge in [0.25, 0.3) is 0 Å². The third-order valence-corrected chi connectivity index (χ3v) is 5.44. The van der Waals surface area contributed by atoms with E-state index in [0.29, 0.717) is 6.42 Å². The van der Waals surface area contributed by atoms with E-state index in [-0.39, 0.29) is 12.0 Å². The zero-order valence-electron chi connectivity index (χ0n) is 14.1. The largest absolute Gasteiger partial charge is 0.481 e. The molecule has 9 unspecified atom stereocenters. The maximum atomic E-state index is 11.6. The topological polar surface area (TPSA) is 183 Å². The van der Waals surface area contributed by atoms with Gasteiger partial charge in [-0.25, -0.2) is 4.79 Å². The summed E-state index contributed by atoms with van der Waals surface area (Å²) in [6, 6.07) is 0. The number of fused-ring (bicyclic) bond motifs is 1. The molecule has 0 radical (unpaired) electrons. The molecule has 3 rings (SSSR count). The Morgan fingerprint density at radius 2 is 1.78 bits per heavy atom. The zero-order valence-corrected chi connectivity index (χ0v) is 14.1. The Morgan fingerprint density at radius 3 is 2.37 bits per heavy atom. The molecule has 152 valence electrons. The zero-order chi connectivity index (χ0) is 19.9. The monoisotopic (exact) mass is 390 g/mol. The van der Waals surface area contributed by atoms with Gasteiger partial charge in [0.05, 0.1) is 24.4 Å². The third kappa shape index (κ3) is 3.53. The molecule has 0 aromatic heterocycles. The molecule has 11 heteroatoms. The number of aliphatic hydroxyl groups excluding tert-OH is 4. The molecule has 1 saturated heterocycles. The number of carboxylic acid groups (broad SMARTS) is 2. The molecule has 3 aliphatic rings. The Morgan fingerprint density at radius 1 is 1.07 bits per heavy atom. The van der Waals surface area contributed by atoms with Crippen LogP contribution in [0.25, 0.3) is 0 Å². The van der Waals surface area contributed by atoms with Crippen LogP contribution in [0, 0.1) is 17.8 Å². The maximum absolute atomic E-state index is 11.6. The van der Waals surface area contributed by atoms with E-state index in [9.17, 15) is 40.2 Å². The Kier molecular flexibility index (Phi) is 5.70. The third-order valence-electron chi connectivity index (χ3n) is 5.44. The Balaban J connectivity index is 1.82. The van der Waals surface area contributed by atoms with Crippen LogP contribution in [-0.2, 0) is 23.8 Å². The van der Waals surface area contributed by atoms with Gasteiger partial charge in [0.1, 0.15) is 24.4 Å². The van der Waals surface area contributed by atoms with Gasteiger partial charge < -0.3 is 44.8 Å². The molecular weight excluding hydrogens is 368 g/mol. The second-order valence-corrected chi connectivity index (χ2v) is 6.92. The van der Waals surface area contributed by atoms with E-state index in [0.717, 1.165) is 6.26 Å². The van der Waals surface area contributed by atoms with Gasteiger partial charge in [0.15, 0.2) is 6.29 Å². The number of aliphatic carboxylic acids is 2. The van der Waals surface area contributed by atoms with Crippen LogP contribution in [0.3, 0.4) is 0 Å². The normalized spacial score (nSPS) is 44.1. The predicted octanol–water partition coefficient (Wildman–Crippen LogP) is -2.15. The van der Waals surface area contributed by atoms with Crippen molar-refractivity contribution in [3.63, 3.8) is 0 Å². The lowest BCUT2D eigenvalue weighted by Gasteiger charge is -2.42. The summed E-state index contributed by atoms with van der Waals surface area (Å²) in [6.07, 6.45) is -7.33. The van der Waals surface area contributed by atoms with Crippen LogP contribution >= 0.6 is 0 Å². The van der Waals surface area contributed by atoms with Crippen molar-refractivity contribution in [2.75, 3.05) is 6.61 Å². The van der Waals surface area contributed by atoms with Gasteiger partial charge >= 0.3 is 11.9 Å². The van der Waals surface area contributed by atoms with Crippen LogP contribution in [0.15, 0.2) is 11.8 Å². The molecule has 2 heterocycles. The summed E-state index contributed by atoms with van der Waals surface area (Å²) in [5.74, 6) is -4.73. The molecule has 0 amide bonds. The highest BCUT2D eigenvalue weighted by Gasteiger charge is 2.53. The van der Waals surface area contributed by atoms with E-state index in [2.05, 4.69) is 0 Å². The minimum absolute atomic E-state index is 0.0580. The molecule has 6 N–H and O–H groups in total. The fourth-order valence-corrected chi connectivity index (χ4v) is 4.02. The average molecular weight is 390 g/mol. The van der Waals surface area contributed by atoms with Gasteiger partial charge in [0, 0.05) is 11.8 Å². The van der Waals surface area contributed by atoms with E-state index in [1.165, 1.54) is 0 Å². The van der Waals surface area contributed by atoms with Crippen molar-refractivity contribution >= 4 is 11.9 Å². The molecule has 11 nitrogen and oxygen atoms in total. The number of rotatable bonds is 5. The summed E-state index contributed by atoms with van der Waals surface area (Å²) in [6.45, 7) is -0.650. The molecule has 9 atom stereocenters. The van der Waals surface area contributed by atoms with E-state index in [1.807, 2.05) is 0 Å². The predicted molar refractivity (Wildman–Crippen MR) is 82.8 cm³/mol. The van der Waals surface area contributed by atoms with Crippen LogP contribution in [0.4, 0.5) is 0 Å². The molecule has 0 aromatic carbocycles. The smallest absolute Gasteiger partial charge is 0.334 e. The first kappa shape index (κ1) is 20.0. The molecule has 2 fully saturated rings. The summed E-state index contributed by atoms with van der Waals surface area (Å²) in [5, 5.41) is 57.7. The number of carboxylic acids is 2. The highest BCUT2D eigenvalue weighted by atomic mass is 16.8. The maximum Gasteiger partial charge on any atom is 0.334 e.